The highest BCUT2D eigenvalue weighted by Gasteiger charge is 2.40. The minimum Gasteiger partial charge on any atom is -0.469 e. The van der Waals surface area contributed by atoms with E-state index in [4.69, 9.17) is 4.42 Å². The van der Waals surface area contributed by atoms with Crippen LogP contribution < -0.4 is 5.32 Å². The van der Waals surface area contributed by atoms with E-state index >= 15 is 0 Å². The predicted molar refractivity (Wildman–Crippen MR) is 104 cm³/mol. The zero-order valence-corrected chi connectivity index (χ0v) is 15.9. The molecule has 1 aromatic carbocycles. The van der Waals surface area contributed by atoms with Gasteiger partial charge in [-0.05, 0) is 37.1 Å². The number of rotatable bonds is 8. The lowest BCUT2D eigenvalue weighted by Gasteiger charge is -2.27. The Hall–Kier alpha value is -2.97. The number of aliphatic hydroxyl groups excluding tert-OH is 2. The second-order valence-electron chi connectivity index (χ2n) is 6.98. The molecule has 8 heteroatoms. The number of amides is 2. The Morgan fingerprint density at radius 3 is 2.55 bits per heavy atom. The van der Waals surface area contributed by atoms with Crippen LogP contribution in [0.3, 0.4) is 0 Å². The number of carbonyl (C=O) groups excluding carboxylic acids is 3. The largest absolute Gasteiger partial charge is 0.469 e. The fraction of sp³-hybridized carbons (Fsp3) is 0.381. The van der Waals surface area contributed by atoms with Crippen molar-refractivity contribution in [2.24, 2.45) is 0 Å². The van der Waals surface area contributed by atoms with E-state index in [0.717, 1.165) is 0 Å². The number of benzene rings is 1. The maximum absolute atomic E-state index is 12.7. The van der Waals surface area contributed by atoms with Crippen LogP contribution in [0.2, 0.25) is 0 Å². The average Bonchev–Trinajstić information content (AvgIpc) is 3.43. The molecule has 0 spiro atoms. The van der Waals surface area contributed by atoms with Crippen LogP contribution in [0.1, 0.15) is 25.0 Å². The van der Waals surface area contributed by atoms with E-state index in [1.165, 1.54) is 11.2 Å². The summed E-state index contributed by atoms with van der Waals surface area (Å²) >= 11 is 0. The minimum absolute atomic E-state index is 0.0725. The Morgan fingerprint density at radius 2 is 1.86 bits per heavy atom. The minimum atomic E-state index is -1.91. The number of Topliss-reactive ketones (excluding diaryl/α,β-unsaturated/α-hetero) is 1. The molecule has 2 amide bonds. The van der Waals surface area contributed by atoms with Gasteiger partial charge in [-0.15, -0.1) is 0 Å². The summed E-state index contributed by atoms with van der Waals surface area (Å²) in [4.78, 5) is 38.6. The standard InChI is InChI=1S/C21H24N2O6/c24-17(11-10-15-8-5-13-29-15)18(25)19(26)21(28)23-12-4-9-16(23)20(27)22-14-6-2-1-3-7-14/h1-3,5-8,13,16,18-19,25-26H,4,9-12H2,(H,22,27)/t16-,18-,19+/m0/s1. The topological polar surface area (TPSA) is 120 Å². The summed E-state index contributed by atoms with van der Waals surface area (Å²) in [5.74, 6) is -1.28. The van der Waals surface area contributed by atoms with Gasteiger partial charge in [0, 0.05) is 25.1 Å². The number of furan rings is 1. The van der Waals surface area contributed by atoms with Crippen LogP contribution in [0.15, 0.2) is 53.1 Å². The highest BCUT2D eigenvalue weighted by atomic mass is 16.3. The van der Waals surface area contributed by atoms with Gasteiger partial charge in [-0.2, -0.15) is 0 Å². The third kappa shape index (κ3) is 5.10. The van der Waals surface area contributed by atoms with Gasteiger partial charge in [-0.25, -0.2) is 0 Å². The first-order chi connectivity index (χ1) is 14.0. The predicted octanol–water partition coefficient (Wildman–Crippen LogP) is 1.13. The monoisotopic (exact) mass is 400 g/mol. The fourth-order valence-corrected chi connectivity index (χ4v) is 3.38. The molecule has 0 bridgehead atoms. The molecule has 0 saturated carbocycles. The molecule has 2 aromatic rings. The molecule has 0 aliphatic carbocycles. The van der Waals surface area contributed by atoms with Gasteiger partial charge in [0.25, 0.3) is 5.91 Å². The van der Waals surface area contributed by atoms with Gasteiger partial charge in [0.15, 0.2) is 11.9 Å². The molecule has 1 aliphatic heterocycles. The summed E-state index contributed by atoms with van der Waals surface area (Å²) in [6, 6.07) is 11.5. The van der Waals surface area contributed by atoms with Crippen LogP contribution in [0.25, 0.3) is 0 Å². The van der Waals surface area contributed by atoms with Crippen LogP contribution in [0, 0.1) is 0 Å². The molecule has 154 valence electrons. The van der Waals surface area contributed by atoms with E-state index in [2.05, 4.69) is 5.32 Å². The Bertz CT molecular complexity index is 836. The quantitative estimate of drug-likeness (QED) is 0.611. The van der Waals surface area contributed by atoms with Crippen LogP contribution in [0.5, 0.6) is 0 Å². The van der Waals surface area contributed by atoms with Crippen LogP contribution >= 0.6 is 0 Å². The Balaban J connectivity index is 1.58. The Kier molecular flexibility index (Phi) is 6.79. The molecular weight excluding hydrogens is 376 g/mol. The van der Waals surface area contributed by atoms with Gasteiger partial charge >= 0.3 is 0 Å². The van der Waals surface area contributed by atoms with Crippen molar-refractivity contribution in [2.75, 3.05) is 11.9 Å². The number of aryl methyl sites for hydroxylation is 1. The van der Waals surface area contributed by atoms with E-state index in [1.54, 1.807) is 36.4 Å². The van der Waals surface area contributed by atoms with Gasteiger partial charge < -0.3 is 24.8 Å². The van der Waals surface area contributed by atoms with Crippen molar-refractivity contribution in [3.05, 3.63) is 54.5 Å². The first-order valence-electron chi connectivity index (χ1n) is 9.55. The molecule has 0 unspecified atom stereocenters. The molecule has 0 radical (unpaired) electrons. The average molecular weight is 400 g/mol. The zero-order chi connectivity index (χ0) is 20.8. The second-order valence-corrected chi connectivity index (χ2v) is 6.98. The molecule has 1 saturated heterocycles. The zero-order valence-electron chi connectivity index (χ0n) is 15.9. The summed E-state index contributed by atoms with van der Waals surface area (Å²) in [5, 5.41) is 23.1. The Morgan fingerprint density at radius 1 is 1.10 bits per heavy atom. The van der Waals surface area contributed by atoms with Gasteiger partial charge in [-0.3, -0.25) is 14.4 Å². The molecule has 3 rings (SSSR count). The number of hydrogen-bond donors (Lipinski definition) is 3. The smallest absolute Gasteiger partial charge is 0.255 e. The molecule has 1 fully saturated rings. The van der Waals surface area contributed by atoms with Crippen molar-refractivity contribution < 1.29 is 29.0 Å². The summed E-state index contributed by atoms with van der Waals surface area (Å²) in [7, 11) is 0. The van der Waals surface area contributed by atoms with Gasteiger partial charge in [-0.1, -0.05) is 18.2 Å². The number of likely N-dealkylation sites (tertiary alicyclic amines) is 1. The summed E-state index contributed by atoms with van der Waals surface area (Å²) in [5.41, 5.74) is 0.602. The number of ketones is 1. The lowest BCUT2D eigenvalue weighted by atomic mass is 10.0. The van der Waals surface area contributed by atoms with Crippen molar-refractivity contribution in [2.45, 2.75) is 43.9 Å². The molecule has 3 atom stereocenters. The van der Waals surface area contributed by atoms with Gasteiger partial charge in [0.1, 0.15) is 17.9 Å². The first-order valence-corrected chi connectivity index (χ1v) is 9.55. The van der Waals surface area contributed by atoms with Gasteiger partial charge in [0.05, 0.1) is 6.26 Å². The molecule has 8 nitrogen and oxygen atoms in total. The van der Waals surface area contributed by atoms with E-state index < -0.39 is 29.9 Å². The fourth-order valence-electron chi connectivity index (χ4n) is 3.38. The number of carbonyl (C=O) groups is 3. The third-order valence-corrected chi connectivity index (χ3v) is 4.96. The maximum atomic E-state index is 12.7. The molecule has 1 aromatic heterocycles. The van der Waals surface area contributed by atoms with Gasteiger partial charge in [0.2, 0.25) is 5.91 Å². The van der Waals surface area contributed by atoms with Crippen LogP contribution in [-0.2, 0) is 20.8 Å². The summed E-state index contributed by atoms with van der Waals surface area (Å²) in [6.07, 6.45) is -1.07. The lowest BCUT2D eigenvalue weighted by molar-refractivity contribution is -0.154. The molecule has 1 aliphatic rings. The number of nitrogens with one attached hydrogen (secondary N) is 1. The maximum Gasteiger partial charge on any atom is 0.255 e. The SMILES string of the molecule is O=C(CCc1ccco1)[C@H](O)[C@@H](O)C(=O)N1CCC[C@H]1C(=O)Nc1ccccc1. The summed E-state index contributed by atoms with van der Waals surface area (Å²) in [6.45, 7) is 0.274. The van der Waals surface area contributed by atoms with E-state index in [9.17, 15) is 24.6 Å². The van der Waals surface area contributed by atoms with Crippen molar-refractivity contribution in [1.29, 1.82) is 0 Å². The molecular formula is C21H24N2O6. The van der Waals surface area contributed by atoms with Crippen molar-refractivity contribution >= 4 is 23.3 Å². The van der Waals surface area contributed by atoms with Crippen molar-refractivity contribution in [1.82, 2.24) is 4.90 Å². The molecule has 2 heterocycles. The second kappa shape index (κ2) is 9.49. The Labute approximate surface area is 168 Å². The van der Waals surface area contributed by atoms with Crippen molar-refractivity contribution in [3.8, 4) is 0 Å². The van der Waals surface area contributed by atoms with E-state index in [1.807, 2.05) is 6.07 Å². The van der Waals surface area contributed by atoms with Crippen LogP contribution in [0.4, 0.5) is 5.69 Å². The van der Waals surface area contributed by atoms with E-state index in [0.29, 0.717) is 24.3 Å². The van der Waals surface area contributed by atoms with Crippen LogP contribution in [-0.4, -0.2) is 57.5 Å². The highest BCUT2D eigenvalue weighted by molar-refractivity contribution is 5.99. The number of anilines is 1. The molecule has 29 heavy (non-hydrogen) atoms. The number of hydrogen-bond acceptors (Lipinski definition) is 6. The van der Waals surface area contributed by atoms with Crippen molar-refractivity contribution in [3.63, 3.8) is 0 Å². The highest BCUT2D eigenvalue weighted by Crippen LogP contribution is 2.21. The number of nitrogens with zero attached hydrogens (tertiary/aromatic N) is 1. The number of aliphatic hydroxyl groups is 2. The molecule has 3 N–H and O–H groups in total. The first kappa shape index (κ1) is 20.8. The third-order valence-electron chi connectivity index (χ3n) is 4.96. The lowest BCUT2D eigenvalue weighted by Crippen LogP contribution is -2.51. The van der Waals surface area contributed by atoms with E-state index in [-0.39, 0.29) is 25.3 Å². The number of para-hydroxylation sites is 1. The normalized spacial score (nSPS) is 18.3. The summed E-state index contributed by atoms with van der Waals surface area (Å²) < 4.78 is 5.13.